The molecule has 9 heteroatoms. The first kappa shape index (κ1) is 25.0. The van der Waals surface area contributed by atoms with Crippen LogP contribution in [0.4, 0.5) is 10.8 Å². The number of thiazole rings is 1. The average Bonchev–Trinajstić information content (AvgIpc) is 3.37. The van der Waals surface area contributed by atoms with Crippen molar-refractivity contribution in [3.8, 4) is 35.1 Å². The smallest absolute Gasteiger partial charge is 0.271 e. The van der Waals surface area contributed by atoms with E-state index in [1.807, 2.05) is 47.8 Å². The molecule has 0 unspecified atom stereocenters. The molecule has 2 N–H and O–H groups in total. The highest BCUT2D eigenvalue weighted by molar-refractivity contribution is 9.10. The number of aromatic nitrogens is 1. The van der Waals surface area contributed by atoms with Crippen LogP contribution in [0.25, 0.3) is 11.3 Å². The molecule has 0 spiro atoms. The van der Waals surface area contributed by atoms with Gasteiger partial charge in [-0.1, -0.05) is 36.3 Å². The Morgan fingerprint density at radius 1 is 1.19 bits per heavy atom. The Labute approximate surface area is 221 Å². The van der Waals surface area contributed by atoms with Crippen LogP contribution in [-0.2, 0) is 0 Å². The number of amides is 1. The fourth-order valence-electron chi connectivity index (χ4n) is 3.20. The SMILES string of the molecule is C#CCOc1c(Br)cc(/C=N\NC(=O)c2ccc(-c3csc(Nc4ccccc4)n3)cc2)cc1OC. The fraction of sp³-hybridized carbons (Fsp3) is 0.0741. The maximum Gasteiger partial charge on any atom is 0.271 e. The largest absolute Gasteiger partial charge is 0.493 e. The molecule has 4 aromatic rings. The number of hydrogen-bond donors (Lipinski definition) is 2. The summed E-state index contributed by atoms with van der Waals surface area (Å²) in [5.41, 5.74) is 6.44. The van der Waals surface area contributed by atoms with Gasteiger partial charge in [0.1, 0.15) is 6.61 Å². The van der Waals surface area contributed by atoms with Gasteiger partial charge in [-0.2, -0.15) is 5.10 Å². The Kier molecular flexibility index (Phi) is 8.34. The number of para-hydroxylation sites is 1. The Morgan fingerprint density at radius 2 is 1.97 bits per heavy atom. The summed E-state index contributed by atoms with van der Waals surface area (Å²) in [5, 5.41) is 10.1. The highest BCUT2D eigenvalue weighted by Crippen LogP contribution is 2.36. The molecular formula is C27H21BrN4O3S. The monoisotopic (exact) mass is 560 g/mol. The van der Waals surface area contributed by atoms with Crippen molar-refractivity contribution in [3.05, 3.63) is 87.7 Å². The topological polar surface area (TPSA) is 84.8 Å². The molecule has 1 heterocycles. The first-order valence-electron chi connectivity index (χ1n) is 10.7. The van der Waals surface area contributed by atoms with Gasteiger partial charge in [0.15, 0.2) is 16.6 Å². The summed E-state index contributed by atoms with van der Waals surface area (Å²) in [6, 6.07) is 20.6. The van der Waals surface area contributed by atoms with E-state index in [0.717, 1.165) is 22.1 Å². The van der Waals surface area contributed by atoms with Gasteiger partial charge in [-0.25, -0.2) is 10.4 Å². The number of benzene rings is 3. The minimum atomic E-state index is -0.331. The zero-order chi connectivity index (χ0) is 25.3. The van der Waals surface area contributed by atoms with E-state index in [2.05, 4.69) is 42.7 Å². The number of anilines is 2. The van der Waals surface area contributed by atoms with Gasteiger partial charge >= 0.3 is 0 Å². The molecule has 1 amide bonds. The lowest BCUT2D eigenvalue weighted by atomic mass is 10.1. The summed E-state index contributed by atoms with van der Waals surface area (Å²) in [6.07, 6.45) is 6.77. The van der Waals surface area contributed by atoms with Gasteiger partial charge in [-0.05, 0) is 57.9 Å². The average molecular weight is 561 g/mol. The lowest BCUT2D eigenvalue weighted by Crippen LogP contribution is -2.17. The first-order chi connectivity index (χ1) is 17.6. The van der Waals surface area contributed by atoms with Crippen molar-refractivity contribution in [1.29, 1.82) is 0 Å². The lowest BCUT2D eigenvalue weighted by molar-refractivity contribution is 0.0955. The van der Waals surface area contributed by atoms with Crippen molar-refractivity contribution in [3.63, 3.8) is 0 Å². The summed E-state index contributed by atoms with van der Waals surface area (Å²) in [6.45, 7) is 0.117. The number of carbonyl (C=O) groups excluding carboxylic acids is 1. The number of nitrogens with one attached hydrogen (secondary N) is 2. The summed E-state index contributed by atoms with van der Waals surface area (Å²) in [5.74, 6) is 3.08. The van der Waals surface area contributed by atoms with Crippen LogP contribution in [0.5, 0.6) is 11.5 Å². The van der Waals surface area contributed by atoms with E-state index >= 15 is 0 Å². The molecule has 0 radical (unpaired) electrons. The Bertz CT molecular complexity index is 1410. The Hall–Kier alpha value is -4.13. The molecule has 3 aromatic carbocycles. The quantitative estimate of drug-likeness (QED) is 0.147. The summed E-state index contributed by atoms with van der Waals surface area (Å²) >= 11 is 4.96. The van der Waals surface area contributed by atoms with Gasteiger partial charge in [0, 0.05) is 22.2 Å². The van der Waals surface area contributed by atoms with Crippen LogP contribution in [0.1, 0.15) is 15.9 Å². The number of rotatable bonds is 9. The molecule has 180 valence electrons. The molecule has 0 aliphatic carbocycles. The number of hydrazone groups is 1. The van der Waals surface area contributed by atoms with Crippen molar-refractivity contribution in [1.82, 2.24) is 10.4 Å². The molecule has 36 heavy (non-hydrogen) atoms. The van der Waals surface area contributed by atoms with Gasteiger partial charge in [0.05, 0.1) is 23.5 Å². The van der Waals surface area contributed by atoms with Crippen molar-refractivity contribution in [2.24, 2.45) is 5.10 Å². The van der Waals surface area contributed by atoms with Gasteiger partial charge in [-0.15, -0.1) is 17.8 Å². The van der Waals surface area contributed by atoms with Crippen LogP contribution in [-0.4, -0.2) is 30.8 Å². The van der Waals surface area contributed by atoms with E-state index in [0.29, 0.717) is 27.1 Å². The third kappa shape index (κ3) is 6.30. The number of halogens is 1. The Morgan fingerprint density at radius 3 is 2.69 bits per heavy atom. The number of terminal acetylenes is 1. The molecule has 0 bridgehead atoms. The predicted molar refractivity (Wildman–Crippen MR) is 147 cm³/mol. The van der Waals surface area contributed by atoms with Gasteiger partial charge in [0.25, 0.3) is 5.91 Å². The number of nitrogens with zero attached hydrogens (tertiary/aromatic N) is 2. The van der Waals surface area contributed by atoms with Crippen molar-refractivity contribution >= 4 is 50.2 Å². The van der Waals surface area contributed by atoms with E-state index in [9.17, 15) is 4.79 Å². The normalized spacial score (nSPS) is 10.6. The second kappa shape index (κ2) is 12.0. The third-order valence-electron chi connectivity index (χ3n) is 4.90. The molecule has 1 aromatic heterocycles. The predicted octanol–water partition coefficient (Wildman–Crippen LogP) is 6.10. The third-order valence-corrected chi connectivity index (χ3v) is 6.25. The highest BCUT2D eigenvalue weighted by Gasteiger charge is 2.11. The minimum Gasteiger partial charge on any atom is -0.493 e. The van der Waals surface area contributed by atoms with Gasteiger partial charge in [0.2, 0.25) is 0 Å². The van der Waals surface area contributed by atoms with E-state index in [-0.39, 0.29) is 12.5 Å². The van der Waals surface area contributed by atoms with E-state index in [4.69, 9.17) is 15.9 Å². The van der Waals surface area contributed by atoms with E-state index in [1.165, 1.54) is 24.7 Å². The summed E-state index contributed by atoms with van der Waals surface area (Å²) in [4.78, 5) is 17.2. The zero-order valence-corrected chi connectivity index (χ0v) is 21.6. The number of carbonyl (C=O) groups is 1. The zero-order valence-electron chi connectivity index (χ0n) is 19.2. The van der Waals surface area contributed by atoms with Crippen LogP contribution in [0.3, 0.4) is 0 Å². The molecule has 0 aliphatic rings. The van der Waals surface area contributed by atoms with Crippen molar-refractivity contribution in [2.75, 3.05) is 19.0 Å². The summed E-state index contributed by atoms with van der Waals surface area (Å²) < 4.78 is 11.5. The van der Waals surface area contributed by atoms with E-state index < -0.39 is 0 Å². The van der Waals surface area contributed by atoms with Gasteiger partial charge < -0.3 is 14.8 Å². The van der Waals surface area contributed by atoms with Crippen LogP contribution < -0.4 is 20.2 Å². The molecule has 7 nitrogen and oxygen atoms in total. The van der Waals surface area contributed by atoms with E-state index in [1.54, 1.807) is 24.3 Å². The maximum absolute atomic E-state index is 12.5. The lowest BCUT2D eigenvalue weighted by Gasteiger charge is -2.11. The molecule has 0 atom stereocenters. The fourth-order valence-corrected chi connectivity index (χ4v) is 4.51. The molecule has 4 rings (SSSR count). The van der Waals surface area contributed by atoms with Crippen molar-refractivity contribution in [2.45, 2.75) is 0 Å². The molecule has 0 aliphatic heterocycles. The minimum absolute atomic E-state index is 0.117. The molecule has 0 saturated carbocycles. The first-order valence-corrected chi connectivity index (χ1v) is 12.4. The van der Waals surface area contributed by atoms with Crippen molar-refractivity contribution < 1.29 is 14.3 Å². The number of methoxy groups -OCH3 is 1. The Balaban J connectivity index is 1.38. The van der Waals surface area contributed by atoms with Gasteiger partial charge in [-0.3, -0.25) is 4.79 Å². The number of hydrogen-bond acceptors (Lipinski definition) is 7. The molecule has 0 saturated heterocycles. The molecular weight excluding hydrogens is 540 g/mol. The summed E-state index contributed by atoms with van der Waals surface area (Å²) in [7, 11) is 1.53. The van der Waals surface area contributed by atoms with Crippen LogP contribution >= 0.6 is 27.3 Å². The van der Waals surface area contributed by atoms with Crippen LogP contribution in [0.15, 0.2) is 81.7 Å². The van der Waals surface area contributed by atoms with Crippen LogP contribution in [0.2, 0.25) is 0 Å². The standard InChI is InChI=1S/C27H21BrN4O3S/c1-3-13-35-25-22(28)14-18(15-24(25)34-2)16-29-32-26(33)20-11-9-19(10-12-20)23-17-36-27(31-23)30-21-7-5-4-6-8-21/h1,4-12,14-17H,13H2,2H3,(H,30,31)(H,32,33)/b29-16-. The van der Waals surface area contributed by atoms with Crippen LogP contribution in [0, 0.1) is 12.3 Å². The highest BCUT2D eigenvalue weighted by atomic mass is 79.9. The second-order valence-electron chi connectivity index (χ2n) is 7.33. The number of ether oxygens (including phenoxy) is 2. The second-order valence-corrected chi connectivity index (χ2v) is 9.04. The maximum atomic E-state index is 12.5. The molecule has 0 fully saturated rings.